The van der Waals surface area contributed by atoms with E-state index in [0.29, 0.717) is 17.3 Å². The number of anilines is 1. The van der Waals surface area contributed by atoms with Gasteiger partial charge in [0.1, 0.15) is 17.3 Å². The van der Waals surface area contributed by atoms with Crippen LogP contribution in [0, 0.1) is 6.92 Å². The zero-order valence-corrected chi connectivity index (χ0v) is 12.5. The van der Waals surface area contributed by atoms with E-state index in [2.05, 4.69) is 15.0 Å². The Balaban J connectivity index is 1.93. The van der Waals surface area contributed by atoms with Crippen LogP contribution in [-0.2, 0) is 0 Å². The quantitative estimate of drug-likeness (QED) is 0.608. The summed E-state index contributed by atoms with van der Waals surface area (Å²) < 4.78 is 5.70. The van der Waals surface area contributed by atoms with Crippen LogP contribution < -0.4 is 5.73 Å². The SMILES string of the molecule is Cc1ccc(-c2nc(N)cnc2-c2ccc3ncccc3c2)o1. The van der Waals surface area contributed by atoms with E-state index in [0.717, 1.165) is 27.9 Å². The van der Waals surface area contributed by atoms with Crippen molar-refractivity contribution in [1.29, 1.82) is 0 Å². The molecule has 0 bridgehead atoms. The summed E-state index contributed by atoms with van der Waals surface area (Å²) in [6, 6.07) is 13.7. The molecule has 1 aromatic carbocycles. The van der Waals surface area contributed by atoms with Gasteiger partial charge in [0.05, 0.1) is 17.4 Å². The minimum absolute atomic E-state index is 0.361. The monoisotopic (exact) mass is 302 g/mol. The van der Waals surface area contributed by atoms with Crippen LogP contribution in [0.25, 0.3) is 33.6 Å². The molecule has 4 aromatic rings. The Morgan fingerprint density at radius 2 is 1.91 bits per heavy atom. The van der Waals surface area contributed by atoms with Crippen LogP contribution in [0.2, 0.25) is 0 Å². The highest BCUT2D eigenvalue weighted by Gasteiger charge is 2.15. The summed E-state index contributed by atoms with van der Waals surface area (Å²) in [5.74, 6) is 1.83. The van der Waals surface area contributed by atoms with Crippen LogP contribution in [0.3, 0.4) is 0 Å². The van der Waals surface area contributed by atoms with Crippen molar-refractivity contribution in [2.45, 2.75) is 6.92 Å². The number of fused-ring (bicyclic) bond motifs is 1. The molecule has 0 aliphatic heterocycles. The number of hydrogen-bond acceptors (Lipinski definition) is 5. The highest BCUT2D eigenvalue weighted by Crippen LogP contribution is 2.31. The molecule has 0 radical (unpaired) electrons. The third kappa shape index (κ3) is 2.42. The molecule has 0 saturated heterocycles. The van der Waals surface area contributed by atoms with Crippen molar-refractivity contribution in [1.82, 2.24) is 15.0 Å². The average molecular weight is 302 g/mol. The maximum absolute atomic E-state index is 5.81. The lowest BCUT2D eigenvalue weighted by Gasteiger charge is -2.08. The van der Waals surface area contributed by atoms with Crippen molar-refractivity contribution in [3.05, 3.63) is 60.6 Å². The number of aromatic nitrogens is 3. The summed E-state index contributed by atoms with van der Waals surface area (Å²) in [6.45, 7) is 1.89. The fourth-order valence-electron chi connectivity index (χ4n) is 2.57. The van der Waals surface area contributed by atoms with Gasteiger partial charge >= 0.3 is 0 Å². The van der Waals surface area contributed by atoms with Gasteiger partial charge in [-0.2, -0.15) is 0 Å². The van der Waals surface area contributed by atoms with Crippen molar-refractivity contribution in [2.24, 2.45) is 0 Å². The molecule has 23 heavy (non-hydrogen) atoms. The van der Waals surface area contributed by atoms with Crippen LogP contribution in [0.5, 0.6) is 0 Å². The second kappa shape index (κ2) is 5.21. The number of aryl methyl sites for hydroxylation is 1. The van der Waals surface area contributed by atoms with E-state index in [4.69, 9.17) is 10.2 Å². The highest BCUT2D eigenvalue weighted by molar-refractivity contribution is 5.86. The smallest absolute Gasteiger partial charge is 0.154 e. The summed E-state index contributed by atoms with van der Waals surface area (Å²) in [5, 5.41) is 1.05. The molecular formula is C18H14N4O. The molecule has 112 valence electrons. The first-order valence-corrected chi connectivity index (χ1v) is 7.25. The van der Waals surface area contributed by atoms with Crippen molar-refractivity contribution in [3.8, 4) is 22.7 Å². The Labute approximate surface area is 132 Å². The minimum atomic E-state index is 0.361. The maximum Gasteiger partial charge on any atom is 0.154 e. The Morgan fingerprint density at radius 3 is 2.74 bits per heavy atom. The zero-order valence-electron chi connectivity index (χ0n) is 12.5. The standard InChI is InChI=1S/C18H14N4O/c1-11-4-7-15(23-11)18-17(21-10-16(19)22-18)13-5-6-14-12(9-13)3-2-8-20-14/h2-10H,1H3,(H2,19,22). The second-order valence-electron chi connectivity index (χ2n) is 5.31. The normalized spacial score (nSPS) is 11.0. The van der Waals surface area contributed by atoms with E-state index < -0.39 is 0 Å². The number of furan rings is 1. The predicted molar refractivity (Wildman–Crippen MR) is 89.6 cm³/mol. The number of benzene rings is 1. The molecule has 3 heterocycles. The first kappa shape index (κ1) is 13.5. The molecule has 0 atom stereocenters. The molecule has 0 amide bonds. The lowest BCUT2D eigenvalue weighted by atomic mass is 10.1. The molecule has 0 fully saturated rings. The first-order chi connectivity index (χ1) is 11.2. The summed E-state index contributed by atoms with van der Waals surface area (Å²) in [7, 11) is 0. The van der Waals surface area contributed by atoms with Crippen LogP contribution in [-0.4, -0.2) is 15.0 Å². The average Bonchev–Trinajstić information content (AvgIpc) is 3.01. The number of nitrogens with two attached hydrogens (primary N) is 1. The van der Waals surface area contributed by atoms with E-state index in [1.807, 2.05) is 49.4 Å². The molecule has 5 nitrogen and oxygen atoms in total. The van der Waals surface area contributed by atoms with Gasteiger partial charge in [0.25, 0.3) is 0 Å². The van der Waals surface area contributed by atoms with Gasteiger partial charge in [0.15, 0.2) is 5.76 Å². The van der Waals surface area contributed by atoms with Gasteiger partial charge in [-0.05, 0) is 37.3 Å². The second-order valence-corrected chi connectivity index (χ2v) is 5.31. The van der Waals surface area contributed by atoms with Crippen molar-refractivity contribution >= 4 is 16.7 Å². The van der Waals surface area contributed by atoms with E-state index >= 15 is 0 Å². The van der Waals surface area contributed by atoms with Crippen LogP contribution >= 0.6 is 0 Å². The van der Waals surface area contributed by atoms with Gasteiger partial charge in [0.2, 0.25) is 0 Å². The van der Waals surface area contributed by atoms with Gasteiger partial charge in [-0.3, -0.25) is 4.98 Å². The Kier molecular flexibility index (Phi) is 3.05. The summed E-state index contributed by atoms with van der Waals surface area (Å²) in [6.07, 6.45) is 3.34. The molecular weight excluding hydrogens is 288 g/mol. The fourth-order valence-corrected chi connectivity index (χ4v) is 2.57. The van der Waals surface area contributed by atoms with Gasteiger partial charge in [-0.15, -0.1) is 0 Å². The maximum atomic E-state index is 5.81. The number of hydrogen-bond donors (Lipinski definition) is 1. The third-order valence-electron chi connectivity index (χ3n) is 3.64. The Bertz CT molecular complexity index is 1010. The van der Waals surface area contributed by atoms with Crippen LogP contribution in [0.1, 0.15) is 5.76 Å². The molecule has 3 aromatic heterocycles. The zero-order chi connectivity index (χ0) is 15.8. The van der Waals surface area contributed by atoms with Crippen molar-refractivity contribution in [2.75, 3.05) is 5.73 Å². The molecule has 2 N–H and O–H groups in total. The number of rotatable bonds is 2. The predicted octanol–water partition coefficient (Wildman–Crippen LogP) is 3.84. The molecule has 0 aliphatic rings. The molecule has 4 rings (SSSR count). The van der Waals surface area contributed by atoms with Crippen LogP contribution in [0.15, 0.2) is 59.3 Å². The van der Waals surface area contributed by atoms with Crippen molar-refractivity contribution in [3.63, 3.8) is 0 Å². The van der Waals surface area contributed by atoms with Gasteiger partial charge < -0.3 is 10.2 Å². The Morgan fingerprint density at radius 1 is 1.00 bits per heavy atom. The molecule has 0 unspecified atom stereocenters. The number of pyridine rings is 1. The summed E-state index contributed by atoms with van der Waals surface area (Å²) >= 11 is 0. The lowest BCUT2D eigenvalue weighted by molar-refractivity contribution is 0.546. The Hall–Kier alpha value is -3.21. The topological polar surface area (TPSA) is 77.8 Å². The van der Waals surface area contributed by atoms with E-state index in [9.17, 15) is 0 Å². The van der Waals surface area contributed by atoms with E-state index in [1.165, 1.54) is 0 Å². The van der Waals surface area contributed by atoms with Gasteiger partial charge in [-0.25, -0.2) is 9.97 Å². The van der Waals surface area contributed by atoms with Crippen molar-refractivity contribution < 1.29 is 4.42 Å². The highest BCUT2D eigenvalue weighted by atomic mass is 16.3. The minimum Gasteiger partial charge on any atom is -0.460 e. The summed E-state index contributed by atoms with van der Waals surface area (Å²) in [4.78, 5) is 13.2. The largest absolute Gasteiger partial charge is 0.460 e. The van der Waals surface area contributed by atoms with E-state index in [1.54, 1.807) is 12.4 Å². The first-order valence-electron chi connectivity index (χ1n) is 7.25. The van der Waals surface area contributed by atoms with Gasteiger partial charge in [-0.1, -0.05) is 12.1 Å². The molecule has 0 spiro atoms. The van der Waals surface area contributed by atoms with Gasteiger partial charge in [0, 0.05) is 17.1 Å². The molecule has 5 heteroatoms. The number of nitrogens with zero attached hydrogens (tertiary/aromatic N) is 3. The molecule has 0 saturated carbocycles. The van der Waals surface area contributed by atoms with Crippen LogP contribution in [0.4, 0.5) is 5.82 Å². The number of nitrogen functional groups attached to an aromatic ring is 1. The lowest BCUT2D eigenvalue weighted by Crippen LogP contribution is -1.97. The fraction of sp³-hybridized carbons (Fsp3) is 0.0556. The third-order valence-corrected chi connectivity index (χ3v) is 3.64. The summed E-state index contributed by atoms with van der Waals surface area (Å²) in [5.41, 5.74) is 9.08. The molecule has 0 aliphatic carbocycles. The van der Waals surface area contributed by atoms with E-state index in [-0.39, 0.29) is 0 Å².